The Hall–Kier alpha value is -5.78. The summed E-state index contributed by atoms with van der Waals surface area (Å²) in [5.74, 6) is 5.09. The van der Waals surface area contributed by atoms with Crippen LogP contribution in [0.2, 0.25) is 0 Å². The lowest BCUT2D eigenvalue weighted by Gasteiger charge is -2.36. The third-order valence-corrected chi connectivity index (χ3v) is 17.2. The van der Waals surface area contributed by atoms with Crippen LogP contribution in [0.25, 0.3) is 16.6 Å². The molecule has 4 heterocycles. The average molecular weight is 1080 g/mol. The molecule has 1 fully saturated rings. The number of carbonyl (C=O) groups is 2. The van der Waals surface area contributed by atoms with E-state index in [0.29, 0.717) is 18.5 Å². The fraction of sp³-hybridized carbons (Fsp3) is 0.408. The predicted octanol–water partition coefficient (Wildman–Crippen LogP) is 3.76. The summed E-state index contributed by atoms with van der Waals surface area (Å²) in [5.41, 5.74) is 13.6. The smallest absolute Gasteiger partial charge is 0.378 e. The van der Waals surface area contributed by atoms with E-state index in [1.54, 1.807) is 11.9 Å². The SMILES string of the molecule is CC[N+]1=c2cc3c(cc2CCC1)=C(c1ccccc1C(=O)N(C)CCCC(=O)NCC#Cc1cn([C@H]2CC[C@@H](COP(=O)(O)OP(=O)(O)OP(=O)(O)O)O2)c2nc(N)[nH]c(=O)c12)c1ccc(N(C)C)cc1C3(C)C. The number of aromatic amines is 1. The first-order valence-corrected chi connectivity index (χ1v) is 28.4. The zero-order chi connectivity index (χ0) is 53.5. The summed E-state index contributed by atoms with van der Waals surface area (Å²) < 4.78 is 57.0. The van der Waals surface area contributed by atoms with Crippen LogP contribution in [-0.4, -0.2) is 111 Å². The number of aryl methyl sites for hydroxylation is 1. The lowest BCUT2D eigenvalue weighted by Crippen LogP contribution is -2.43. The van der Waals surface area contributed by atoms with Crippen molar-refractivity contribution in [1.29, 1.82) is 0 Å². The Labute approximate surface area is 426 Å². The second kappa shape index (κ2) is 21.5. The Balaban J connectivity index is 0.929. The van der Waals surface area contributed by atoms with Gasteiger partial charge in [0, 0.05) is 75.0 Å². The summed E-state index contributed by atoms with van der Waals surface area (Å²) in [7, 11) is -10.9. The first-order valence-electron chi connectivity index (χ1n) is 23.9. The lowest BCUT2D eigenvalue weighted by molar-refractivity contribution is -0.121. The number of aromatic nitrogens is 3. The minimum atomic E-state index is -5.71. The van der Waals surface area contributed by atoms with Gasteiger partial charge in [-0.05, 0) is 89.9 Å². The molecule has 0 spiro atoms. The summed E-state index contributed by atoms with van der Waals surface area (Å²) in [5, 5.41) is 5.26. The Morgan fingerprint density at radius 1 is 1.01 bits per heavy atom. The number of anilines is 2. The third kappa shape index (κ3) is 11.8. The van der Waals surface area contributed by atoms with E-state index in [0.717, 1.165) is 53.5 Å². The van der Waals surface area contributed by atoms with E-state index < -0.39 is 48.0 Å². The molecule has 2 aromatic heterocycles. The van der Waals surface area contributed by atoms with Gasteiger partial charge in [0.25, 0.3) is 11.5 Å². The van der Waals surface area contributed by atoms with Crippen LogP contribution in [0.5, 0.6) is 0 Å². The summed E-state index contributed by atoms with van der Waals surface area (Å²) in [6, 6.07) is 19.1. The second-order valence-corrected chi connectivity index (χ2v) is 23.5. The number of benzene rings is 3. The normalized spacial score (nSPS) is 18.6. The molecule has 2 aliphatic heterocycles. The van der Waals surface area contributed by atoms with E-state index >= 15 is 0 Å². The highest BCUT2D eigenvalue weighted by molar-refractivity contribution is 7.66. The molecule has 3 aliphatic rings. The first kappa shape index (κ1) is 54.5. The van der Waals surface area contributed by atoms with Crippen molar-refractivity contribution in [3.63, 3.8) is 0 Å². The van der Waals surface area contributed by atoms with Gasteiger partial charge in [0.2, 0.25) is 17.2 Å². The molecule has 1 saturated heterocycles. The Bertz CT molecular complexity index is 3470. The van der Waals surface area contributed by atoms with Gasteiger partial charge in [-0.2, -0.15) is 13.6 Å². The molecule has 2 unspecified atom stereocenters. The van der Waals surface area contributed by atoms with Crippen molar-refractivity contribution in [3.8, 4) is 11.8 Å². The maximum atomic E-state index is 14.5. The van der Waals surface area contributed by atoms with Crippen LogP contribution in [-0.2, 0) is 48.2 Å². The molecular weight excluding hydrogens is 1020 g/mol. The topological polar surface area (TPSA) is 301 Å². The minimum absolute atomic E-state index is 0.0763. The fourth-order valence-corrected chi connectivity index (χ4v) is 13.0. The quantitative estimate of drug-likeness (QED) is 0.0396. The highest BCUT2D eigenvalue weighted by atomic mass is 31.3. The van der Waals surface area contributed by atoms with E-state index in [-0.39, 0.29) is 65.6 Å². The maximum absolute atomic E-state index is 14.5. The number of H-pyrrole nitrogens is 1. The molecule has 0 bridgehead atoms. The highest BCUT2D eigenvalue weighted by Gasteiger charge is 2.42. The van der Waals surface area contributed by atoms with Crippen LogP contribution in [0, 0.1) is 11.8 Å². The molecule has 0 radical (unpaired) electrons. The molecule has 2 amide bonds. The second-order valence-electron chi connectivity index (χ2n) is 19.1. The predicted molar refractivity (Wildman–Crippen MR) is 275 cm³/mol. The zero-order valence-corrected chi connectivity index (χ0v) is 44.4. The van der Waals surface area contributed by atoms with Crippen molar-refractivity contribution in [1.82, 2.24) is 29.3 Å². The monoisotopic (exact) mass is 1080 g/mol. The standard InChI is InChI=1S/C49H59N8O14P3/c1-7-56-24-11-14-30-25-37-39(27-40(30)56)49(2,3)38-26-32(54(4)5)18-20-36(38)44(37)34-15-8-9-16-35(34)47(60)55(6)23-12-17-41(58)51-22-10-13-31-28-57(45-43(31)46(59)53-48(50)52-45)42-21-19-33(69-42)29-68-73(64,65)71-74(66,67)70-72(61,62)63/h8-9,15-16,18,20,25-28,33,42H,7,11-12,14,17,19,21-24,29H2,1-6H3,(H7-,50,51,52,53,58,59,61,62,63,64,65,66,67)/p+1/t33-,42+/m0/s1. The van der Waals surface area contributed by atoms with Gasteiger partial charge in [-0.3, -0.25) is 23.9 Å². The number of hydrogen-bond acceptors (Lipinski definition) is 13. The van der Waals surface area contributed by atoms with E-state index in [9.17, 15) is 37.9 Å². The molecule has 74 heavy (non-hydrogen) atoms. The molecule has 3 aromatic carbocycles. The van der Waals surface area contributed by atoms with Gasteiger partial charge in [0.1, 0.15) is 19.3 Å². The van der Waals surface area contributed by atoms with Gasteiger partial charge in [-0.1, -0.05) is 50.0 Å². The Kier molecular flexibility index (Phi) is 15.8. The number of phosphoric acid groups is 3. The average Bonchev–Trinajstić information content (AvgIpc) is 3.95. The van der Waals surface area contributed by atoms with Gasteiger partial charge in [0.05, 0.1) is 30.2 Å². The van der Waals surface area contributed by atoms with Gasteiger partial charge >= 0.3 is 23.5 Å². The molecule has 394 valence electrons. The molecule has 22 nitrogen and oxygen atoms in total. The number of nitrogen functional groups attached to an aromatic ring is 1. The molecule has 25 heteroatoms. The van der Waals surface area contributed by atoms with Crippen molar-refractivity contribution < 1.29 is 60.7 Å². The molecule has 1 aliphatic carbocycles. The van der Waals surface area contributed by atoms with Crippen molar-refractivity contribution >= 4 is 63.5 Å². The number of nitrogens with one attached hydrogen (secondary N) is 2. The van der Waals surface area contributed by atoms with E-state index in [1.807, 2.05) is 38.4 Å². The maximum Gasteiger partial charge on any atom is 0.490 e. The number of rotatable bonds is 17. The molecule has 0 saturated carbocycles. The zero-order valence-electron chi connectivity index (χ0n) is 41.7. The fourth-order valence-electron chi connectivity index (χ4n) is 9.91. The van der Waals surface area contributed by atoms with Gasteiger partial charge in [-0.15, -0.1) is 0 Å². The van der Waals surface area contributed by atoms with Crippen LogP contribution < -0.4 is 36.7 Å². The van der Waals surface area contributed by atoms with Crippen molar-refractivity contribution in [2.75, 3.05) is 64.6 Å². The number of amides is 2. The van der Waals surface area contributed by atoms with Crippen LogP contribution in [0.4, 0.5) is 11.6 Å². The van der Waals surface area contributed by atoms with E-state index in [2.05, 4.69) is 96.3 Å². The minimum Gasteiger partial charge on any atom is -0.378 e. The molecular formula is C49H60N8O14P3+. The molecule has 8 N–H and O–H groups in total. The van der Waals surface area contributed by atoms with E-state index in [4.69, 9.17) is 24.8 Å². The Morgan fingerprint density at radius 2 is 1.77 bits per heavy atom. The molecule has 5 aromatic rings. The van der Waals surface area contributed by atoms with Crippen LogP contribution in [0.15, 0.2) is 65.6 Å². The molecule has 4 atom stereocenters. The number of nitrogens with zero attached hydrogens (tertiary/aromatic N) is 5. The summed E-state index contributed by atoms with van der Waals surface area (Å²) in [6.45, 7) is 8.27. The van der Waals surface area contributed by atoms with Crippen LogP contribution in [0.1, 0.15) is 103 Å². The largest absolute Gasteiger partial charge is 0.490 e. The van der Waals surface area contributed by atoms with Crippen molar-refractivity contribution in [3.05, 3.63) is 121 Å². The summed E-state index contributed by atoms with van der Waals surface area (Å²) in [6.07, 6.45) is 2.77. The van der Waals surface area contributed by atoms with Gasteiger partial charge < -0.3 is 49.7 Å². The summed E-state index contributed by atoms with van der Waals surface area (Å²) in [4.78, 5) is 87.9. The van der Waals surface area contributed by atoms with Gasteiger partial charge in [-0.25, -0.2) is 18.3 Å². The van der Waals surface area contributed by atoms with E-state index in [1.165, 1.54) is 32.8 Å². The summed E-state index contributed by atoms with van der Waals surface area (Å²) >= 11 is 0. The number of hydrogen-bond donors (Lipinski definition) is 7. The molecule has 8 rings (SSSR count). The van der Waals surface area contributed by atoms with Crippen molar-refractivity contribution in [2.45, 2.75) is 77.0 Å². The lowest BCUT2D eigenvalue weighted by atomic mass is 9.68. The number of fused-ring (bicyclic) bond motifs is 4. The van der Waals surface area contributed by atoms with Crippen LogP contribution >= 0.6 is 23.5 Å². The third-order valence-electron chi connectivity index (χ3n) is 13.4. The number of phosphoric ester groups is 1. The number of carbonyl (C=O) groups excluding carboxylic acids is 2. The first-order chi connectivity index (χ1) is 34.9. The van der Waals surface area contributed by atoms with Crippen LogP contribution in [0.3, 0.4) is 0 Å². The van der Waals surface area contributed by atoms with Gasteiger partial charge in [0.15, 0.2) is 5.65 Å². The Morgan fingerprint density at radius 3 is 2.50 bits per heavy atom. The van der Waals surface area contributed by atoms with Crippen molar-refractivity contribution in [2.24, 2.45) is 0 Å². The number of ether oxygens (including phenoxy) is 1. The highest BCUT2D eigenvalue weighted by Crippen LogP contribution is 2.66. The number of nitrogens with two attached hydrogens (primary N) is 1.